The largest absolute Gasteiger partial charge is 0.497 e. The Morgan fingerprint density at radius 1 is 1.30 bits per heavy atom. The maximum atomic E-state index is 13.2. The molecule has 1 N–H and O–H groups in total. The Morgan fingerprint density at radius 3 is 2.89 bits per heavy atom. The van der Waals surface area contributed by atoms with Crippen LogP contribution in [0.15, 0.2) is 42.5 Å². The van der Waals surface area contributed by atoms with Crippen molar-refractivity contribution >= 4 is 16.9 Å². The van der Waals surface area contributed by atoms with Crippen molar-refractivity contribution in [1.29, 1.82) is 0 Å². The minimum Gasteiger partial charge on any atom is -0.497 e. The van der Waals surface area contributed by atoms with Gasteiger partial charge in [-0.3, -0.25) is 4.79 Å². The number of hydrogen-bond donors (Lipinski definition) is 1. The highest BCUT2D eigenvalue weighted by molar-refractivity contribution is 5.77. The number of H-pyrrole nitrogens is 1. The molecule has 0 radical (unpaired) electrons. The van der Waals surface area contributed by atoms with Crippen LogP contribution in [-0.2, 0) is 16.1 Å². The molecule has 2 aromatic carbocycles. The van der Waals surface area contributed by atoms with Gasteiger partial charge in [0.2, 0.25) is 5.91 Å². The monoisotopic (exact) mass is 371 g/mol. The third-order valence-electron chi connectivity index (χ3n) is 4.51. The van der Waals surface area contributed by atoms with E-state index in [1.165, 1.54) is 12.1 Å². The van der Waals surface area contributed by atoms with E-state index in [2.05, 4.69) is 9.97 Å². The second-order valence-electron chi connectivity index (χ2n) is 6.29. The van der Waals surface area contributed by atoms with Gasteiger partial charge in [0.1, 0.15) is 30.6 Å². The molecular weight excluding hydrogens is 349 g/mol. The minimum absolute atomic E-state index is 0.0732. The summed E-state index contributed by atoms with van der Waals surface area (Å²) < 4.78 is 23.9. The smallest absolute Gasteiger partial charge is 0.248 e. The second-order valence-corrected chi connectivity index (χ2v) is 6.29. The van der Waals surface area contributed by atoms with E-state index >= 15 is 0 Å². The maximum absolute atomic E-state index is 13.2. The van der Waals surface area contributed by atoms with E-state index in [4.69, 9.17) is 9.47 Å². The number of amides is 1. The molecule has 3 rings (SSSR count). The van der Waals surface area contributed by atoms with Crippen molar-refractivity contribution in [2.24, 2.45) is 0 Å². The van der Waals surface area contributed by atoms with Crippen LogP contribution in [0.2, 0.25) is 0 Å². The molecule has 1 amide bonds. The molecule has 0 bridgehead atoms. The lowest BCUT2D eigenvalue weighted by Gasteiger charge is -2.25. The molecule has 1 aromatic heterocycles. The molecule has 0 spiro atoms. The highest BCUT2D eigenvalue weighted by Crippen LogP contribution is 2.23. The lowest BCUT2D eigenvalue weighted by atomic mass is 10.1. The first kappa shape index (κ1) is 18.8. The number of benzene rings is 2. The van der Waals surface area contributed by atoms with E-state index in [1.54, 1.807) is 25.1 Å². The van der Waals surface area contributed by atoms with E-state index < -0.39 is 0 Å². The quantitative estimate of drug-likeness (QED) is 0.691. The Balaban J connectivity index is 1.55. The maximum Gasteiger partial charge on any atom is 0.248 e. The number of nitrogens with zero attached hydrogens (tertiary/aromatic N) is 2. The fraction of sp³-hybridized carbons (Fsp3) is 0.300. The van der Waals surface area contributed by atoms with Gasteiger partial charge in [-0.15, -0.1) is 0 Å². The number of carbonyl (C=O) groups is 1. The highest BCUT2D eigenvalue weighted by Gasteiger charge is 2.18. The lowest BCUT2D eigenvalue weighted by molar-refractivity contribution is -0.137. The van der Waals surface area contributed by atoms with Crippen LogP contribution in [0.3, 0.4) is 0 Å². The Bertz CT molecular complexity index is 941. The summed E-state index contributed by atoms with van der Waals surface area (Å²) in [6.07, 6.45) is 0. The first-order valence-electron chi connectivity index (χ1n) is 8.59. The number of nitrogens with one attached hydrogen (secondary N) is 1. The van der Waals surface area contributed by atoms with Crippen molar-refractivity contribution in [1.82, 2.24) is 14.9 Å². The summed E-state index contributed by atoms with van der Waals surface area (Å²) >= 11 is 0. The zero-order valence-corrected chi connectivity index (χ0v) is 15.5. The van der Waals surface area contributed by atoms with Crippen LogP contribution >= 0.6 is 0 Å². The molecule has 0 aliphatic carbocycles. The van der Waals surface area contributed by atoms with Crippen molar-refractivity contribution in [3.05, 3.63) is 59.7 Å². The number of methoxy groups -OCH3 is 1. The van der Waals surface area contributed by atoms with Gasteiger partial charge in [-0.25, -0.2) is 9.37 Å². The molecule has 1 atom stereocenters. The van der Waals surface area contributed by atoms with Gasteiger partial charge in [-0.1, -0.05) is 12.1 Å². The average molecular weight is 371 g/mol. The van der Waals surface area contributed by atoms with Crippen molar-refractivity contribution in [2.75, 3.05) is 20.8 Å². The van der Waals surface area contributed by atoms with E-state index in [-0.39, 0.29) is 31.0 Å². The van der Waals surface area contributed by atoms with Crippen LogP contribution in [-0.4, -0.2) is 41.5 Å². The van der Waals surface area contributed by atoms with E-state index in [9.17, 15) is 9.18 Å². The van der Waals surface area contributed by atoms with Crippen molar-refractivity contribution in [3.8, 4) is 5.75 Å². The Labute approximate surface area is 156 Å². The summed E-state index contributed by atoms with van der Waals surface area (Å²) in [4.78, 5) is 21.3. The molecule has 0 saturated carbocycles. The summed E-state index contributed by atoms with van der Waals surface area (Å²) in [7, 11) is 3.35. The van der Waals surface area contributed by atoms with Gasteiger partial charge in [-0.2, -0.15) is 0 Å². The number of rotatable bonds is 7. The topological polar surface area (TPSA) is 67.4 Å². The molecule has 0 fully saturated rings. The molecule has 6 nitrogen and oxygen atoms in total. The Hall–Kier alpha value is -2.93. The standard InChI is InChI=1S/C20H22FN3O3/c1-13(14-5-4-6-16(9-14)26-3)24(2)20(25)12-27-11-19-22-17-8-7-15(21)10-18(17)23-19/h4-10,13H,11-12H2,1-3H3,(H,22,23). The number of fused-ring (bicyclic) bond motifs is 1. The number of carbonyl (C=O) groups excluding carboxylic acids is 1. The number of hydrogen-bond acceptors (Lipinski definition) is 4. The predicted molar refractivity (Wildman–Crippen MR) is 99.9 cm³/mol. The van der Waals surface area contributed by atoms with Crippen LogP contribution in [0.5, 0.6) is 5.75 Å². The zero-order chi connectivity index (χ0) is 19.4. The van der Waals surface area contributed by atoms with Crippen LogP contribution in [0.4, 0.5) is 4.39 Å². The summed E-state index contributed by atoms with van der Waals surface area (Å²) in [5.41, 5.74) is 2.23. The molecule has 7 heteroatoms. The Morgan fingerprint density at radius 2 is 2.11 bits per heavy atom. The van der Waals surface area contributed by atoms with Gasteiger partial charge in [0.25, 0.3) is 0 Å². The molecular formula is C20H22FN3O3. The molecule has 0 aliphatic rings. The van der Waals surface area contributed by atoms with Crippen molar-refractivity contribution in [2.45, 2.75) is 19.6 Å². The minimum atomic E-state index is -0.332. The van der Waals surface area contributed by atoms with Crippen molar-refractivity contribution in [3.63, 3.8) is 0 Å². The molecule has 3 aromatic rings. The fourth-order valence-electron chi connectivity index (χ4n) is 2.78. The Kier molecular flexibility index (Phi) is 5.71. The SMILES string of the molecule is COc1cccc(C(C)N(C)C(=O)COCc2nc3ccc(F)cc3[nH]2)c1. The van der Waals surface area contributed by atoms with E-state index in [0.717, 1.165) is 11.3 Å². The second kappa shape index (κ2) is 8.18. The van der Waals surface area contributed by atoms with Gasteiger partial charge in [0.15, 0.2) is 0 Å². The number of aromatic nitrogens is 2. The predicted octanol–water partition coefficient (Wildman–Crippen LogP) is 3.45. The number of ether oxygens (including phenoxy) is 2. The first-order valence-corrected chi connectivity index (χ1v) is 8.59. The summed E-state index contributed by atoms with van der Waals surface area (Å²) in [6, 6.07) is 11.8. The third-order valence-corrected chi connectivity index (χ3v) is 4.51. The zero-order valence-electron chi connectivity index (χ0n) is 15.5. The highest BCUT2D eigenvalue weighted by atomic mass is 19.1. The van der Waals surface area contributed by atoms with Gasteiger partial charge in [0.05, 0.1) is 24.2 Å². The molecule has 142 valence electrons. The van der Waals surface area contributed by atoms with Gasteiger partial charge >= 0.3 is 0 Å². The average Bonchev–Trinajstić information content (AvgIpc) is 3.08. The first-order chi connectivity index (χ1) is 13.0. The van der Waals surface area contributed by atoms with Crippen LogP contribution in [0.25, 0.3) is 11.0 Å². The van der Waals surface area contributed by atoms with Gasteiger partial charge < -0.3 is 19.4 Å². The van der Waals surface area contributed by atoms with Gasteiger partial charge in [-0.05, 0) is 42.8 Å². The van der Waals surface area contributed by atoms with E-state index in [0.29, 0.717) is 16.9 Å². The number of likely N-dealkylation sites (N-methyl/N-ethyl adjacent to an activating group) is 1. The van der Waals surface area contributed by atoms with Crippen LogP contribution in [0, 0.1) is 5.82 Å². The molecule has 0 aliphatic heterocycles. The van der Waals surface area contributed by atoms with Crippen molar-refractivity contribution < 1.29 is 18.7 Å². The van der Waals surface area contributed by atoms with Gasteiger partial charge in [0, 0.05) is 7.05 Å². The van der Waals surface area contributed by atoms with Crippen LogP contribution in [0.1, 0.15) is 24.4 Å². The molecule has 1 unspecified atom stereocenters. The van der Waals surface area contributed by atoms with E-state index in [1.807, 2.05) is 31.2 Å². The fourth-order valence-corrected chi connectivity index (χ4v) is 2.78. The molecule has 0 saturated heterocycles. The molecule has 1 heterocycles. The lowest BCUT2D eigenvalue weighted by Crippen LogP contribution is -2.32. The van der Waals surface area contributed by atoms with Crippen LogP contribution < -0.4 is 4.74 Å². The number of imidazole rings is 1. The third kappa shape index (κ3) is 4.43. The normalized spacial score (nSPS) is 12.1. The summed E-state index contributed by atoms with van der Waals surface area (Å²) in [6.45, 7) is 2.01. The summed E-state index contributed by atoms with van der Waals surface area (Å²) in [5.74, 6) is 0.819. The number of aromatic amines is 1. The summed E-state index contributed by atoms with van der Waals surface area (Å²) in [5, 5.41) is 0. The number of halogens is 1. The molecule has 27 heavy (non-hydrogen) atoms.